The van der Waals surface area contributed by atoms with Crippen molar-refractivity contribution < 1.29 is 0 Å². The molecule has 0 bridgehead atoms. The lowest BCUT2D eigenvalue weighted by Crippen LogP contribution is -2.35. The number of hydrogen-bond donors (Lipinski definition) is 2. The van der Waals surface area contributed by atoms with Crippen LogP contribution < -0.4 is 11.5 Å². The van der Waals surface area contributed by atoms with Gasteiger partial charge in [0.2, 0.25) is 0 Å². The number of guanidine groups is 1. The SMILES string of the molecule is I.NC(N)=NC1CCC1C1CC1. The van der Waals surface area contributed by atoms with Gasteiger partial charge in [-0.2, -0.15) is 0 Å². The molecule has 0 aliphatic heterocycles. The fourth-order valence-corrected chi connectivity index (χ4v) is 1.93. The second kappa shape index (κ2) is 3.81. The van der Waals surface area contributed by atoms with E-state index in [9.17, 15) is 0 Å². The van der Waals surface area contributed by atoms with Gasteiger partial charge in [-0.15, -0.1) is 24.0 Å². The van der Waals surface area contributed by atoms with Gasteiger partial charge in [0.05, 0.1) is 6.04 Å². The van der Waals surface area contributed by atoms with E-state index < -0.39 is 0 Å². The number of rotatable bonds is 2. The molecular weight excluding hydrogens is 265 g/mol. The second-order valence-electron chi connectivity index (χ2n) is 3.70. The summed E-state index contributed by atoms with van der Waals surface area (Å²) in [5.41, 5.74) is 10.6. The molecule has 2 unspecified atom stereocenters. The minimum Gasteiger partial charge on any atom is -0.370 e. The number of nitrogens with two attached hydrogens (primary N) is 2. The highest BCUT2D eigenvalue weighted by Gasteiger charge is 2.41. The summed E-state index contributed by atoms with van der Waals surface area (Å²) in [4.78, 5) is 4.20. The Morgan fingerprint density at radius 2 is 1.75 bits per heavy atom. The van der Waals surface area contributed by atoms with Crippen LogP contribution in [0.5, 0.6) is 0 Å². The Balaban J connectivity index is 0.000000720. The molecule has 0 aromatic heterocycles. The largest absolute Gasteiger partial charge is 0.370 e. The van der Waals surface area contributed by atoms with E-state index in [4.69, 9.17) is 11.5 Å². The molecule has 0 saturated heterocycles. The average Bonchev–Trinajstić information content (AvgIpc) is 2.64. The van der Waals surface area contributed by atoms with Crippen LogP contribution in [0.25, 0.3) is 0 Å². The molecular formula is C8H16IN3. The number of halogens is 1. The van der Waals surface area contributed by atoms with E-state index in [2.05, 4.69) is 4.99 Å². The van der Waals surface area contributed by atoms with E-state index in [1.807, 2.05) is 0 Å². The van der Waals surface area contributed by atoms with Gasteiger partial charge in [0.25, 0.3) is 0 Å². The molecule has 70 valence electrons. The van der Waals surface area contributed by atoms with E-state index >= 15 is 0 Å². The predicted molar refractivity (Wildman–Crippen MR) is 60.5 cm³/mol. The summed E-state index contributed by atoms with van der Waals surface area (Å²) in [5.74, 6) is 2.04. The molecule has 4 heteroatoms. The third-order valence-corrected chi connectivity index (χ3v) is 2.83. The van der Waals surface area contributed by atoms with Gasteiger partial charge >= 0.3 is 0 Å². The zero-order valence-corrected chi connectivity index (χ0v) is 9.40. The molecule has 12 heavy (non-hydrogen) atoms. The third kappa shape index (κ3) is 2.02. The van der Waals surface area contributed by atoms with Crippen molar-refractivity contribution in [3.05, 3.63) is 0 Å². The van der Waals surface area contributed by atoms with Crippen LogP contribution in [0, 0.1) is 11.8 Å². The van der Waals surface area contributed by atoms with Crippen molar-refractivity contribution in [2.75, 3.05) is 0 Å². The molecule has 2 saturated carbocycles. The molecule has 4 N–H and O–H groups in total. The number of nitrogens with zero attached hydrogens (tertiary/aromatic N) is 1. The topological polar surface area (TPSA) is 64.4 Å². The Kier molecular flexibility index (Phi) is 3.20. The summed E-state index contributed by atoms with van der Waals surface area (Å²) < 4.78 is 0. The standard InChI is InChI=1S/C8H15N3.HI/c9-8(10)11-7-4-3-6(7)5-1-2-5;/h5-7H,1-4H2,(H4,9,10,11);1H. The first-order valence-electron chi connectivity index (χ1n) is 4.36. The van der Waals surface area contributed by atoms with Gasteiger partial charge in [-0.1, -0.05) is 0 Å². The molecule has 0 aromatic carbocycles. The van der Waals surface area contributed by atoms with Crippen LogP contribution in [-0.2, 0) is 0 Å². The van der Waals surface area contributed by atoms with E-state index in [0.717, 1.165) is 11.8 Å². The number of aliphatic imine (C=N–C) groups is 1. The molecule has 0 radical (unpaired) electrons. The minimum absolute atomic E-state index is 0. The van der Waals surface area contributed by atoms with Crippen molar-refractivity contribution in [2.24, 2.45) is 28.3 Å². The molecule has 2 rings (SSSR count). The molecule has 0 heterocycles. The van der Waals surface area contributed by atoms with E-state index in [-0.39, 0.29) is 29.9 Å². The van der Waals surface area contributed by atoms with Gasteiger partial charge in [-0.3, -0.25) is 4.99 Å². The van der Waals surface area contributed by atoms with E-state index in [1.54, 1.807) is 0 Å². The summed E-state index contributed by atoms with van der Waals surface area (Å²) in [5, 5.41) is 0. The molecule has 3 nitrogen and oxygen atoms in total. The Hall–Kier alpha value is 0. The van der Waals surface area contributed by atoms with Gasteiger partial charge in [0, 0.05) is 0 Å². The maximum Gasteiger partial charge on any atom is 0.186 e. The van der Waals surface area contributed by atoms with Crippen LogP contribution in [0.15, 0.2) is 4.99 Å². The molecule has 2 atom stereocenters. The molecule has 0 spiro atoms. The normalized spacial score (nSPS) is 33.0. The highest BCUT2D eigenvalue weighted by Crippen LogP contribution is 2.48. The fourth-order valence-electron chi connectivity index (χ4n) is 1.93. The van der Waals surface area contributed by atoms with Gasteiger partial charge in [0.15, 0.2) is 5.96 Å². The third-order valence-electron chi connectivity index (χ3n) is 2.83. The lowest BCUT2D eigenvalue weighted by molar-refractivity contribution is 0.227. The van der Waals surface area contributed by atoms with Crippen LogP contribution in [0.3, 0.4) is 0 Å². The summed E-state index contributed by atoms with van der Waals surface area (Å²) >= 11 is 0. The summed E-state index contributed by atoms with van der Waals surface area (Å²) in [6.45, 7) is 0. The Labute approximate surface area is 90.0 Å². The van der Waals surface area contributed by atoms with E-state index in [1.165, 1.54) is 25.7 Å². The molecule has 2 aliphatic rings. The van der Waals surface area contributed by atoms with Crippen molar-refractivity contribution in [2.45, 2.75) is 31.7 Å². The van der Waals surface area contributed by atoms with Crippen LogP contribution in [0.4, 0.5) is 0 Å². The van der Waals surface area contributed by atoms with Crippen molar-refractivity contribution in [3.8, 4) is 0 Å². The fraction of sp³-hybridized carbons (Fsp3) is 0.875. The van der Waals surface area contributed by atoms with Crippen LogP contribution in [0.1, 0.15) is 25.7 Å². The van der Waals surface area contributed by atoms with Crippen molar-refractivity contribution in [1.82, 2.24) is 0 Å². The van der Waals surface area contributed by atoms with E-state index in [0.29, 0.717) is 6.04 Å². The van der Waals surface area contributed by atoms with Gasteiger partial charge in [-0.05, 0) is 37.5 Å². The second-order valence-corrected chi connectivity index (χ2v) is 3.70. The smallest absolute Gasteiger partial charge is 0.186 e. The van der Waals surface area contributed by atoms with Gasteiger partial charge in [0.1, 0.15) is 0 Å². The predicted octanol–water partition coefficient (Wildman–Crippen LogP) is 1.07. The lowest BCUT2D eigenvalue weighted by atomic mass is 9.76. The van der Waals surface area contributed by atoms with Gasteiger partial charge < -0.3 is 11.5 Å². The first-order valence-corrected chi connectivity index (χ1v) is 4.36. The zero-order valence-electron chi connectivity index (χ0n) is 7.07. The quantitative estimate of drug-likeness (QED) is 0.451. The molecule has 0 aromatic rings. The first kappa shape index (κ1) is 10.1. The maximum absolute atomic E-state index is 5.31. The van der Waals surface area contributed by atoms with Crippen molar-refractivity contribution in [1.29, 1.82) is 0 Å². The summed E-state index contributed by atoms with van der Waals surface area (Å²) in [7, 11) is 0. The van der Waals surface area contributed by atoms with Crippen molar-refractivity contribution in [3.63, 3.8) is 0 Å². The van der Waals surface area contributed by atoms with Crippen LogP contribution >= 0.6 is 24.0 Å². The monoisotopic (exact) mass is 281 g/mol. The average molecular weight is 281 g/mol. The maximum atomic E-state index is 5.31. The highest BCUT2D eigenvalue weighted by atomic mass is 127. The Morgan fingerprint density at radius 1 is 1.08 bits per heavy atom. The lowest BCUT2D eigenvalue weighted by Gasteiger charge is -2.33. The van der Waals surface area contributed by atoms with Crippen LogP contribution in [0.2, 0.25) is 0 Å². The Morgan fingerprint density at radius 3 is 2.08 bits per heavy atom. The van der Waals surface area contributed by atoms with Gasteiger partial charge in [-0.25, -0.2) is 0 Å². The number of hydrogen-bond acceptors (Lipinski definition) is 1. The molecule has 2 fully saturated rings. The summed E-state index contributed by atoms with van der Waals surface area (Å²) in [6, 6.07) is 0.465. The first-order chi connectivity index (χ1) is 5.27. The molecule has 0 amide bonds. The zero-order chi connectivity index (χ0) is 7.84. The summed E-state index contributed by atoms with van der Waals surface area (Å²) in [6.07, 6.45) is 5.34. The minimum atomic E-state index is 0. The van der Waals surface area contributed by atoms with Crippen molar-refractivity contribution >= 4 is 29.9 Å². The van der Waals surface area contributed by atoms with Crippen LogP contribution in [-0.4, -0.2) is 12.0 Å². The molecule has 2 aliphatic carbocycles. The highest BCUT2D eigenvalue weighted by molar-refractivity contribution is 14.0. The Bertz CT molecular complexity index is 185.